The smallest absolute Gasteiger partial charge is 0.182 e. The van der Waals surface area contributed by atoms with E-state index in [9.17, 15) is 13.5 Å². The highest BCUT2D eigenvalue weighted by Crippen LogP contribution is 2.31. The lowest BCUT2D eigenvalue weighted by Crippen LogP contribution is -2.29. The zero-order valence-corrected chi connectivity index (χ0v) is 15.9. The molecule has 24 heavy (non-hydrogen) atoms. The zero-order chi connectivity index (χ0) is 17.7. The number of aliphatic hydroxyl groups is 1. The minimum absolute atomic E-state index is 0.102. The summed E-state index contributed by atoms with van der Waals surface area (Å²) in [4.78, 5) is 2.55. The van der Waals surface area contributed by atoms with E-state index in [1.165, 1.54) is 6.42 Å². The van der Waals surface area contributed by atoms with Crippen molar-refractivity contribution in [3.8, 4) is 0 Å². The molecule has 0 spiro atoms. The summed E-state index contributed by atoms with van der Waals surface area (Å²) >= 11 is 5.63. The van der Waals surface area contributed by atoms with Crippen LogP contribution in [0.2, 0.25) is 0 Å². The van der Waals surface area contributed by atoms with Gasteiger partial charge < -0.3 is 15.3 Å². The Balaban J connectivity index is 2.35. The summed E-state index contributed by atoms with van der Waals surface area (Å²) in [5.41, 5.74) is 1.55. The Hall–Kier alpha value is -0.980. The third-order valence-electron chi connectivity index (χ3n) is 4.32. The first-order valence-electron chi connectivity index (χ1n) is 8.47. The normalized spacial score (nSPS) is 17.1. The van der Waals surface area contributed by atoms with E-state index < -0.39 is 21.2 Å². The van der Waals surface area contributed by atoms with Crippen LogP contribution in [0.5, 0.6) is 0 Å². The van der Waals surface area contributed by atoms with E-state index in [1.807, 2.05) is 12.1 Å². The molecule has 1 atom stereocenters. The first-order chi connectivity index (χ1) is 11.4. The number of sulfone groups is 1. The number of piperidine rings is 1. The summed E-state index contributed by atoms with van der Waals surface area (Å²) < 4.78 is 25.2. The molecule has 1 aliphatic heterocycles. The molecule has 1 aromatic carbocycles. The molecule has 0 aromatic heterocycles. The fourth-order valence-corrected chi connectivity index (χ4v) is 4.10. The van der Waals surface area contributed by atoms with Crippen molar-refractivity contribution in [3.05, 3.63) is 18.2 Å². The Morgan fingerprint density at radius 1 is 1.25 bits per heavy atom. The topological polar surface area (TPSA) is 69.6 Å². The minimum Gasteiger partial charge on any atom is -0.390 e. The number of nitrogens with one attached hydrogen (secondary N) is 1. The Kier molecular flexibility index (Phi) is 6.78. The SMILES string of the molecule is CC(C)S(=O)(=O)c1ccc(N2CCCCC2)cc1NCC(O)CCl. The van der Waals surface area contributed by atoms with Gasteiger partial charge in [0.1, 0.15) is 0 Å². The number of alkyl halides is 1. The number of nitrogens with zero attached hydrogens (tertiary/aromatic N) is 1. The molecule has 1 aromatic rings. The fourth-order valence-electron chi connectivity index (χ4n) is 2.79. The van der Waals surface area contributed by atoms with Gasteiger partial charge in [0.25, 0.3) is 0 Å². The highest BCUT2D eigenvalue weighted by atomic mass is 35.5. The predicted molar refractivity (Wildman–Crippen MR) is 100 cm³/mol. The summed E-state index contributed by atoms with van der Waals surface area (Å²) in [5, 5.41) is 12.2. The highest BCUT2D eigenvalue weighted by Gasteiger charge is 2.24. The Morgan fingerprint density at radius 2 is 1.92 bits per heavy atom. The number of hydrogen-bond donors (Lipinski definition) is 2. The average Bonchev–Trinajstić information content (AvgIpc) is 2.59. The van der Waals surface area contributed by atoms with Crippen molar-refractivity contribution in [1.82, 2.24) is 0 Å². The average molecular weight is 375 g/mol. The largest absolute Gasteiger partial charge is 0.390 e. The molecular formula is C17H27ClN2O3S. The van der Waals surface area contributed by atoms with Gasteiger partial charge in [0.2, 0.25) is 0 Å². The van der Waals surface area contributed by atoms with Crippen molar-refractivity contribution in [2.24, 2.45) is 0 Å². The summed E-state index contributed by atoms with van der Waals surface area (Å²) in [6.07, 6.45) is 2.82. The standard InChI is InChI=1S/C17H27ClN2O3S/c1-13(2)24(22,23)17-7-6-14(20-8-4-3-5-9-20)10-16(17)19-12-15(21)11-18/h6-7,10,13,15,19,21H,3-5,8-9,11-12H2,1-2H3. The van der Waals surface area contributed by atoms with Crippen LogP contribution in [-0.2, 0) is 9.84 Å². The Morgan fingerprint density at radius 3 is 2.50 bits per heavy atom. The predicted octanol–water partition coefficient (Wildman–Crippen LogP) is 2.87. The van der Waals surface area contributed by atoms with Gasteiger partial charge >= 0.3 is 0 Å². The first kappa shape index (κ1) is 19.3. The van der Waals surface area contributed by atoms with E-state index in [2.05, 4.69) is 10.2 Å². The Bertz CT molecular complexity index is 643. The summed E-state index contributed by atoms with van der Waals surface area (Å²) in [6, 6.07) is 5.43. The molecule has 1 saturated heterocycles. The summed E-state index contributed by atoms with van der Waals surface area (Å²) in [6.45, 7) is 5.53. The molecule has 5 nitrogen and oxygen atoms in total. The van der Waals surface area contributed by atoms with Gasteiger partial charge in [-0.3, -0.25) is 0 Å². The van der Waals surface area contributed by atoms with Gasteiger partial charge in [-0.2, -0.15) is 0 Å². The molecule has 2 N–H and O–H groups in total. The number of rotatable bonds is 7. The molecule has 1 heterocycles. The number of halogens is 1. The minimum atomic E-state index is -3.41. The van der Waals surface area contributed by atoms with E-state index >= 15 is 0 Å². The molecule has 136 valence electrons. The van der Waals surface area contributed by atoms with E-state index in [1.54, 1.807) is 19.9 Å². The molecule has 7 heteroatoms. The Labute approximate surface area is 149 Å². The van der Waals surface area contributed by atoms with Gasteiger partial charge in [0.15, 0.2) is 9.84 Å². The van der Waals surface area contributed by atoms with Crippen molar-refractivity contribution in [1.29, 1.82) is 0 Å². The van der Waals surface area contributed by atoms with E-state index in [-0.39, 0.29) is 17.3 Å². The van der Waals surface area contributed by atoms with Crippen LogP contribution in [0.4, 0.5) is 11.4 Å². The zero-order valence-electron chi connectivity index (χ0n) is 14.3. The number of aliphatic hydroxyl groups excluding tert-OH is 1. The van der Waals surface area contributed by atoms with E-state index in [0.717, 1.165) is 31.6 Å². The molecule has 1 fully saturated rings. The maximum absolute atomic E-state index is 12.6. The lowest BCUT2D eigenvalue weighted by atomic mass is 10.1. The first-order valence-corrected chi connectivity index (χ1v) is 10.5. The van der Waals surface area contributed by atoms with Crippen LogP contribution in [0.1, 0.15) is 33.1 Å². The lowest BCUT2D eigenvalue weighted by Gasteiger charge is -2.29. The van der Waals surface area contributed by atoms with Crippen LogP contribution in [0, 0.1) is 0 Å². The van der Waals surface area contributed by atoms with Gasteiger partial charge in [-0.05, 0) is 51.3 Å². The second kappa shape index (κ2) is 8.41. The van der Waals surface area contributed by atoms with Crippen LogP contribution in [0.15, 0.2) is 23.1 Å². The number of anilines is 2. The second-order valence-corrected chi connectivity index (χ2v) is 9.29. The third kappa shape index (κ3) is 4.55. The van der Waals surface area contributed by atoms with Gasteiger partial charge in [0, 0.05) is 25.3 Å². The number of hydrogen-bond acceptors (Lipinski definition) is 5. The fraction of sp³-hybridized carbons (Fsp3) is 0.647. The maximum atomic E-state index is 12.6. The van der Waals surface area contributed by atoms with Gasteiger partial charge in [-0.15, -0.1) is 11.6 Å². The van der Waals surface area contributed by atoms with E-state index in [4.69, 9.17) is 11.6 Å². The summed E-state index contributed by atoms with van der Waals surface area (Å²) in [7, 11) is -3.41. The van der Waals surface area contributed by atoms with Crippen LogP contribution >= 0.6 is 11.6 Å². The van der Waals surface area contributed by atoms with Crippen molar-refractivity contribution in [2.45, 2.75) is 49.4 Å². The molecule has 1 aliphatic rings. The van der Waals surface area contributed by atoms with Crippen molar-refractivity contribution in [2.75, 3.05) is 35.7 Å². The van der Waals surface area contributed by atoms with Crippen molar-refractivity contribution >= 4 is 32.8 Å². The van der Waals surface area contributed by atoms with Gasteiger partial charge in [0.05, 0.1) is 27.8 Å². The van der Waals surface area contributed by atoms with Crippen LogP contribution < -0.4 is 10.2 Å². The molecule has 2 rings (SSSR count). The van der Waals surface area contributed by atoms with Crippen LogP contribution in [-0.4, -0.2) is 50.4 Å². The molecule has 0 bridgehead atoms. The molecule has 0 saturated carbocycles. The monoisotopic (exact) mass is 374 g/mol. The third-order valence-corrected chi connectivity index (χ3v) is 6.88. The highest BCUT2D eigenvalue weighted by molar-refractivity contribution is 7.92. The van der Waals surface area contributed by atoms with Crippen LogP contribution in [0.3, 0.4) is 0 Å². The molecular weight excluding hydrogens is 348 g/mol. The molecule has 0 radical (unpaired) electrons. The van der Waals surface area contributed by atoms with Gasteiger partial charge in [-0.1, -0.05) is 0 Å². The molecule has 0 amide bonds. The molecule has 0 aliphatic carbocycles. The maximum Gasteiger partial charge on any atom is 0.182 e. The summed E-state index contributed by atoms with van der Waals surface area (Å²) in [5.74, 6) is 0.102. The van der Waals surface area contributed by atoms with Crippen molar-refractivity contribution < 1.29 is 13.5 Å². The van der Waals surface area contributed by atoms with Crippen LogP contribution in [0.25, 0.3) is 0 Å². The van der Waals surface area contributed by atoms with Crippen molar-refractivity contribution in [3.63, 3.8) is 0 Å². The molecule has 1 unspecified atom stereocenters. The second-order valence-electron chi connectivity index (χ2n) is 6.51. The quantitative estimate of drug-likeness (QED) is 0.718. The van der Waals surface area contributed by atoms with E-state index in [0.29, 0.717) is 5.69 Å². The van der Waals surface area contributed by atoms with Gasteiger partial charge in [-0.25, -0.2) is 8.42 Å². The lowest BCUT2D eigenvalue weighted by molar-refractivity contribution is 0.211. The number of benzene rings is 1.